The molecule has 5 rings (SSSR count). The predicted molar refractivity (Wildman–Crippen MR) is 138 cm³/mol. The Morgan fingerprint density at radius 2 is 1.83 bits per heavy atom. The van der Waals surface area contributed by atoms with Crippen molar-refractivity contribution in [2.45, 2.75) is 95.4 Å². The lowest BCUT2D eigenvalue weighted by molar-refractivity contribution is -0.141. The summed E-state index contributed by atoms with van der Waals surface area (Å²) >= 11 is 0. The van der Waals surface area contributed by atoms with Crippen molar-refractivity contribution < 1.29 is 19.1 Å². The molecule has 0 unspecified atom stereocenters. The van der Waals surface area contributed by atoms with E-state index in [0.29, 0.717) is 18.2 Å². The number of nitrogens with one attached hydrogen (secondary N) is 2. The molecule has 7 nitrogen and oxygen atoms in total. The number of hydrogen-bond donors (Lipinski definition) is 2. The second kappa shape index (κ2) is 10.0. The molecule has 5 atom stereocenters. The number of fused-ring (bicyclic) bond motifs is 1. The van der Waals surface area contributed by atoms with Gasteiger partial charge in [-0.3, -0.25) is 14.4 Å². The lowest BCUT2D eigenvalue weighted by atomic mass is 9.74. The maximum absolute atomic E-state index is 13.8. The van der Waals surface area contributed by atoms with Gasteiger partial charge in [-0.1, -0.05) is 70.7 Å². The summed E-state index contributed by atoms with van der Waals surface area (Å²) < 4.78 is 6.41. The SMILES string of the molecule is CCCCN1C(=O)[C@@H]2[C@H](C(=O)Nc3ccc(C(C)C)cc3)[C@@H]3C=C[C@@]2(O3)[C@H]1C(=O)NC1CCCCC1. The van der Waals surface area contributed by atoms with Gasteiger partial charge in [-0.25, -0.2) is 0 Å². The van der Waals surface area contributed by atoms with Crippen molar-refractivity contribution in [1.29, 1.82) is 0 Å². The maximum atomic E-state index is 13.8. The highest BCUT2D eigenvalue weighted by atomic mass is 16.5. The van der Waals surface area contributed by atoms with E-state index in [9.17, 15) is 14.4 Å². The van der Waals surface area contributed by atoms with Crippen LogP contribution in [0.3, 0.4) is 0 Å². The average Bonchev–Trinajstić information content (AvgIpc) is 3.51. The molecule has 3 heterocycles. The topological polar surface area (TPSA) is 87.7 Å². The number of carbonyl (C=O) groups excluding carboxylic acids is 3. The first-order chi connectivity index (χ1) is 17.4. The van der Waals surface area contributed by atoms with Crippen LogP contribution < -0.4 is 10.6 Å². The number of rotatable bonds is 8. The van der Waals surface area contributed by atoms with E-state index in [4.69, 9.17) is 4.74 Å². The van der Waals surface area contributed by atoms with Crippen LogP contribution in [0.1, 0.15) is 77.2 Å². The van der Waals surface area contributed by atoms with Gasteiger partial charge >= 0.3 is 0 Å². The lowest BCUT2D eigenvalue weighted by Crippen LogP contribution is -2.56. The molecule has 2 bridgehead atoms. The van der Waals surface area contributed by atoms with E-state index in [2.05, 4.69) is 31.4 Å². The second-order valence-electron chi connectivity index (χ2n) is 11.2. The highest BCUT2D eigenvalue weighted by molar-refractivity contribution is 6.02. The van der Waals surface area contributed by atoms with Gasteiger partial charge in [0.05, 0.1) is 17.9 Å². The summed E-state index contributed by atoms with van der Waals surface area (Å²) in [5.74, 6) is -1.48. The number of likely N-dealkylation sites (tertiary alicyclic amines) is 1. The highest BCUT2D eigenvalue weighted by Crippen LogP contribution is 2.55. The van der Waals surface area contributed by atoms with Crippen molar-refractivity contribution >= 4 is 23.4 Å². The van der Waals surface area contributed by atoms with Gasteiger partial charge in [0.15, 0.2) is 0 Å². The summed E-state index contributed by atoms with van der Waals surface area (Å²) in [6.07, 6.45) is 10.3. The molecule has 1 aromatic rings. The minimum Gasteiger partial charge on any atom is -0.359 e. The normalized spacial score (nSPS) is 31.2. The van der Waals surface area contributed by atoms with E-state index < -0.39 is 29.6 Å². The van der Waals surface area contributed by atoms with E-state index >= 15 is 0 Å². The molecular formula is C29H39N3O4. The van der Waals surface area contributed by atoms with E-state index in [1.54, 1.807) is 4.90 Å². The number of amides is 3. The molecule has 0 radical (unpaired) electrons. The van der Waals surface area contributed by atoms with Gasteiger partial charge in [0.2, 0.25) is 17.7 Å². The van der Waals surface area contributed by atoms with Gasteiger partial charge in [0.25, 0.3) is 0 Å². The van der Waals surface area contributed by atoms with Gasteiger partial charge in [-0.05, 0) is 42.9 Å². The van der Waals surface area contributed by atoms with Crippen LogP contribution in [0.25, 0.3) is 0 Å². The van der Waals surface area contributed by atoms with Crippen molar-refractivity contribution in [1.82, 2.24) is 10.2 Å². The zero-order valence-corrected chi connectivity index (χ0v) is 21.7. The Morgan fingerprint density at radius 1 is 1.11 bits per heavy atom. The molecule has 4 aliphatic rings. The number of hydrogen-bond acceptors (Lipinski definition) is 4. The van der Waals surface area contributed by atoms with Crippen LogP contribution >= 0.6 is 0 Å². The minimum atomic E-state index is -1.09. The fraction of sp³-hybridized carbons (Fsp3) is 0.621. The molecule has 1 aromatic carbocycles. The largest absolute Gasteiger partial charge is 0.359 e. The van der Waals surface area contributed by atoms with Crippen LogP contribution in [0.15, 0.2) is 36.4 Å². The molecule has 7 heteroatoms. The van der Waals surface area contributed by atoms with Crippen molar-refractivity contribution in [2.24, 2.45) is 11.8 Å². The van der Waals surface area contributed by atoms with Crippen LogP contribution in [0.4, 0.5) is 5.69 Å². The Labute approximate surface area is 214 Å². The fourth-order valence-corrected chi connectivity index (χ4v) is 6.54. The molecule has 194 valence electrons. The van der Waals surface area contributed by atoms with Gasteiger partial charge in [-0.2, -0.15) is 0 Å². The first-order valence-electron chi connectivity index (χ1n) is 13.7. The Hall–Kier alpha value is -2.67. The number of ether oxygens (including phenoxy) is 1. The van der Waals surface area contributed by atoms with Crippen LogP contribution in [0.2, 0.25) is 0 Å². The first kappa shape index (κ1) is 25.0. The smallest absolute Gasteiger partial charge is 0.246 e. The van der Waals surface area contributed by atoms with Gasteiger partial charge in [-0.15, -0.1) is 0 Å². The lowest BCUT2D eigenvalue weighted by Gasteiger charge is -2.34. The minimum absolute atomic E-state index is 0.139. The van der Waals surface area contributed by atoms with Crippen molar-refractivity contribution in [2.75, 3.05) is 11.9 Å². The van der Waals surface area contributed by atoms with E-state index in [0.717, 1.165) is 38.5 Å². The Kier molecular flexibility index (Phi) is 6.95. The molecule has 0 aromatic heterocycles. The van der Waals surface area contributed by atoms with Gasteiger partial charge in [0.1, 0.15) is 11.6 Å². The van der Waals surface area contributed by atoms with E-state index in [1.807, 2.05) is 36.4 Å². The zero-order chi connectivity index (χ0) is 25.4. The van der Waals surface area contributed by atoms with E-state index in [-0.39, 0.29) is 23.8 Å². The monoisotopic (exact) mass is 493 g/mol. The summed E-state index contributed by atoms with van der Waals surface area (Å²) in [5.41, 5.74) is 0.810. The number of benzene rings is 1. The number of carbonyl (C=O) groups is 3. The summed E-state index contributed by atoms with van der Waals surface area (Å²) in [6, 6.07) is 7.22. The van der Waals surface area contributed by atoms with E-state index in [1.165, 1.54) is 12.0 Å². The second-order valence-corrected chi connectivity index (χ2v) is 11.2. The van der Waals surface area contributed by atoms with Crippen LogP contribution in [-0.4, -0.2) is 53.0 Å². The quantitative estimate of drug-likeness (QED) is 0.533. The number of unbranched alkanes of at least 4 members (excludes halogenated alkanes) is 1. The molecule has 36 heavy (non-hydrogen) atoms. The third-order valence-corrected chi connectivity index (χ3v) is 8.47. The Bertz CT molecular complexity index is 1030. The molecule has 1 spiro atoms. The molecule has 3 aliphatic heterocycles. The summed E-state index contributed by atoms with van der Waals surface area (Å²) in [5, 5.41) is 6.24. The molecular weight excluding hydrogens is 454 g/mol. The van der Waals surface area contributed by atoms with Crippen LogP contribution in [0, 0.1) is 11.8 Å². The Morgan fingerprint density at radius 3 is 2.50 bits per heavy atom. The third kappa shape index (κ3) is 4.25. The van der Waals surface area contributed by atoms with Crippen molar-refractivity contribution in [3.05, 3.63) is 42.0 Å². The van der Waals surface area contributed by atoms with Crippen molar-refractivity contribution in [3.8, 4) is 0 Å². The first-order valence-corrected chi connectivity index (χ1v) is 13.7. The van der Waals surface area contributed by atoms with Crippen molar-refractivity contribution in [3.63, 3.8) is 0 Å². The van der Waals surface area contributed by atoms with Crippen LogP contribution in [0.5, 0.6) is 0 Å². The molecule has 2 saturated heterocycles. The summed E-state index contributed by atoms with van der Waals surface area (Å²) in [7, 11) is 0. The zero-order valence-electron chi connectivity index (χ0n) is 21.7. The molecule has 2 N–H and O–H groups in total. The maximum Gasteiger partial charge on any atom is 0.246 e. The van der Waals surface area contributed by atoms with Crippen LogP contribution in [-0.2, 0) is 19.1 Å². The molecule has 1 saturated carbocycles. The highest BCUT2D eigenvalue weighted by Gasteiger charge is 2.72. The standard InChI is InChI=1S/C29H39N3O4/c1-4-5-17-32-25(27(34)31-20-9-7-6-8-10-20)29-16-15-22(36-29)23(24(29)28(32)35)26(33)30-21-13-11-19(12-14-21)18(2)3/h11-16,18,20,22-25H,4-10,17H2,1-3H3,(H,30,33)(H,31,34)/t22-,23+,24-,25+,29-/m0/s1. The molecule has 3 amide bonds. The Balaban J connectivity index is 1.39. The number of anilines is 1. The fourth-order valence-electron chi connectivity index (χ4n) is 6.54. The average molecular weight is 494 g/mol. The summed E-state index contributed by atoms with van der Waals surface area (Å²) in [6.45, 7) is 6.81. The molecule has 3 fully saturated rings. The summed E-state index contributed by atoms with van der Waals surface area (Å²) in [4.78, 5) is 42.7. The van der Waals surface area contributed by atoms with Gasteiger partial charge in [0, 0.05) is 18.3 Å². The predicted octanol–water partition coefficient (Wildman–Crippen LogP) is 4.15. The molecule has 1 aliphatic carbocycles. The third-order valence-electron chi connectivity index (χ3n) is 8.47. The van der Waals surface area contributed by atoms with Gasteiger partial charge < -0.3 is 20.3 Å². The number of nitrogens with zero attached hydrogens (tertiary/aromatic N) is 1.